The summed E-state index contributed by atoms with van der Waals surface area (Å²) in [6.45, 7) is 7.94. The Morgan fingerprint density at radius 2 is 2.13 bits per heavy atom. The van der Waals surface area contributed by atoms with Crippen LogP contribution in [-0.4, -0.2) is 38.1 Å². The predicted molar refractivity (Wildman–Crippen MR) is 87.1 cm³/mol. The highest BCUT2D eigenvalue weighted by molar-refractivity contribution is 5.76. The lowest BCUT2D eigenvalue weighted by Crippen LogP contribution is -2.39. The Morgan fingerprint density at radius 1 is 1.48 bits per heavy atom. The average Bonchev–Trinajstić information content (AvgIpc) is 3.10. The highest BCUT2D eigenvalue weighted by atomic mass is 16.6. The van der Waals surface area contributed by atoms with E-state index in [1.807, 2.05) is 4.90 Å². The normalized spacial score (nSPS) is 14.9. The molecule has 0 spiro atoms. The zero-order valence-electron chi connectivity index (χ0n) is 13.8. The second-order valence-electron chi connectivity index (χ2n) is 6.02. The van der Waals surface area contributed by atoms with Gasteiger partial charge in [0.2, 0.25) is 5.91 Å². The Bertz CT molecular complexity index is 603. The monoisotopic (exact) mass is 320 g/mol. The molecular formula is C16H24N4O3. The lowest BCUT2D eigenvalue weighted by molar-refractivity contribution is -0.386. The molecule has 0 saturated heterocycles. The molecule has 1 aromatic heterocycles. The van der Waals surface area contributed by atoms with Crippen LogP contribution in [0, 0.1) is 24.0 Å². The first-order valence-corrected chi connectivity index (χ1v) is 8.04. The van der Waals surface area contributed by atoms with Crippen molar-refractivity contribution >= 4 is 11.6 Å². The van der Waals surface area contributed by atoms with E-state index in [0.29, 0.717) is 36.9 Å². The van der Waals surface area contributed by atoms with E-state index in [1.165, 1.54) is 0 Å². The molecule has 0 atom stereocenters. The molecule has 7 heteroatoms. The van der Waals surface area contributed by atoms with Crippen molar-refractivity contribution in [2.45, 2.75) is 58.5 Å². The molecule has 1 heterocycles. The van der Waals surface area contributed by atoms with E-state index >= 15 is 0 Å². The van der Waals surface area contributed by atoms with Gasteiger partial charge in [0.1, 0.15) is 11.4 Å². The van der Waals surface area contributed by atoms with Gasteiger partial charge < -0.3 is 4.90 Å². The van der Waals surface area contributed by atoms with Crippen molar-refractivity contribution in [1.29, 1.82) is 0 Å². The zero-order chi connectivity index (χ0) is 17.0. The Kier molecular flexibility index (Phi) is 5.52. The minimum atomic E-state index is -0.418. The summed E-state index contributed by atoms with van der Waals surface area (Å²) in [6, 6.07) is 0.301. The highest BCUT2D eigenvalue weighted by Crippen LogP contribution is 2.25. The third kappa shape index (κ3) is 3.78. The van der Waals surface area contributed by atoms with E-state index in [-0.39, 0.29) is 11.6 Å². The number of rotatable bonds is 7. The molecule has 7 nitrogen and oxygen atoms in total. The molecular weight excluding hydrogens is 296 g/mol. The van der Waals surface area contributed by atoms with Gasteiger partial charge in [-0.15, -0.1) is 6.58 Å². The van der Waals surface area contributed by atoms with E-state index in [4.69, 9.17) is 0 Å². The fourth-order valence-corrected chi connectivity index (χ4v) is 3.32. The quantitative estimate of drug-likeness (QED) is 0.439. The number of aromatic nitrogens is 2. The van der Waals surface area contributed by atoms with Crippen molar-refractivity contribution in [2.24, 2.45) is 0 Å². The van der Waals surface area contributed by atoms with Crippen LogP contribution < -0.4 is 0 Å². The van der Waals surface area contributed by atoms with Gasteiger partial charge in [-0.2, -0.15) is 5.10 Å². The SMILES string of the molecule is C=CCN(C(=O)CCn1nc(C)c([N+](=O)[O-])c1C)C1CCCC1. The Balaban J connectivity index is 2.04. The number of nitro groups is 1. The van der Waals surface area contributed by atoms with Crippen molar-refractivity contribution in [2.75, 3.05) is 6.54 Å². The minimum absolute atomic E-state index is 0.0381. The molecule has 1 fully saturated rings. The number of carbonyl (C=O) groups is 1. The van der Waals surface area contributed by atoms with Crippen LogP contribution in [0.2, 0.25) is 0 Å². The van der Waals surface area contributed by atoms with E-state index in [9.17, 15) is 14.9 Å². The Morgan fingerprint density at radius 3 is 2.65 bits per heavy atom. The van der Waals surface area contributed by atoms with Gasteiger partial charge in [0.05, 0.1) is 11.5 Å². The van der Waals surface area contributed by atoms with Crippen molar-refractivity contribution < 1.29 is 9.72 Å². The fraction of sp³-hybridized carbons (Fsp3) is 0.625. The van der Waals surface area contributed by atoms with E-state index in [2.05, 4.69) is 11.7 Å². The average molecular weight is 320 g/mol. The smallest absolute Gasteiger partial charge is 0.312 e. The molecule has 0 N–H and O–H groups in total. The van der Waals surface area contributed by atoms with Gasteiger partial charge in [0.25, 0.3) is 0 Å². The third-order valence-electron chi connectivity index (χ3n) is 4.47. The number of hydrogen-bond donors (Lipinski definition) is 0. The second kappa shape index (κ2) is 7.39. The maximum Gasteiger partial charge on any atom is 0.312 e. The lowest BCUT2D eigenvalue weighted by Gasteiger charge is -2.28. The molecule has 126 valence electrons. The molecule has 0 bridgehead atoms. The van der Waals surface area contributed by atoms with Gasteiger partial charge in [-0.3, -0.25) is 19.6 Å². The topological polar surface area (TPSA) is 81.3 Å². The van der Waals surface area contributed by atoms with Crippen LogP contribution in [-0.2, 0) is 11.3 Å². The second-order valence-corrected chi connectivity index (χ2v) is 6.02. The molecule has 1 aliphatic rings. The number of aryl methyl sites for hydroxylation is 2. The van der Waals surface area contributed by atoms with Gasteiger partial charge in [-0.05, 0) is 26.7 Å². The Labute approximate surface area is 136 Å². The number of nitrogens with zero attached hydrogens (tertiary/aromatic N) is 4. The Hall–Kier alpha value is -2.18. The molecule has 0 aromatic carbocycles. The van der Waals surface area contributed by atoms with Gasteiger partial charge in [0, 0.05) is 19.0 Å². The zero-order valence-corrected chi connectivity index (χ0v) is 13.8. The third-order valence-corrected chi connectivity index (χ3v) is 4.47. The van der Waals surface area contributed by atoms with Crippen LogP contribution in [0.4, 0.5) is 5.69 Å². The summed E-state index contributed by atoms with van der Waals surface area (Å²) >= 11 is 0. The summed E-state index contributed by atoms with van der Waals surface area (Å²) in [5.74, 6) is 0.0620. The van der Waals surface area contributed by atoms with Crippen LogP contribution in [0.25, 0.3) is 0 Å². The molecule has 1 aliphatic carbocycles. The molecule has 1 aromatic rings. The van der Waals surface area contributed by atoms with E-state index < -0.39 is 4.92 Å². The van der Waals surface area contributed by atoms with E-state index in [1.54, 1.807) is 24.6 Å². The predicted octanol–water partition coefficient (Wildman–Crippen LogP) is 2.76. The van der Waals surface area contributed by atoms with Crippen molar-refractivity contribution in [3.63, 3.8) is 0 Å². The summed E-state index contributed by atoms with van der Waals surface area (Å²) in [7, 11) is 0. The molecule has 0 unspecified atom stereocenters. The fourth-order valence-electron chi connectivity index (χ4n) is 3.32. The molecule has 1 amide bonds. The first kappa shape index (κ1) is 17.2. The molecule has 0 radical (unpaired) electrons. The molecule has 1 saturated carbocycles. The standard InChI is InChI=1S/C16H24N4O3/c1-4-10-18(14-7-5-6-8-14)15(21)9-11-19-13(3)16(20(22)23)12(2)17-19/h4,14H,1,5-11H2,2-3H3. The largest absolute Gasteiger partial charge is 0.336 e. The maximum absolute atomic E-state index is 12.5. The van der Waals surface area contributed by atoms with E-state index in [0.717, 1.165) is 25.7 Å². The van der Waals surface area contributed by atoms with Crippen LogP contribution in [0.1, 0.15) is 43.5 Å². The van der Waals surface area contributed by atoms with Crippen LogP contribution in [0.15, 0.2) is 12.7 Å². The van der Waals surface area contributed by atoms with Crippen molar-refractivity contribution in [3.8, 4) is 0 Å². The van der Waals surface area contributed by atoms with Crippen LogP contribution in [0.3, 0.4) is 0 Å². The van der Waals surface area contributed by atoms with Gasteiger partial charge >= 0.3 is 5.69 Å². The van der Waals surface area contributed by atoms with Crippen LogP contribution >= 0.6 is 0 Å². The van der Waals surface area contributed by atoms with Crippen LogP contribution in [0.5, 0.6) is 0 Å². The van der Waals surface area contributed by atoms with Crippen molar-refractivity contribution in [3.05, 3.63) is 34.2 Å². The minimum Gasteiger partial charge on any atom is -0.336 e. The summed E-state index contributed by atoms with van der Waals surface area (Å²) < 4.78 is 1.56. The number of hydrogen-bond acceptors (Lipinski definition) is 4. The first-order valence-electron chi connectivity index (χ1n) is 8.04. The van der Waals surface area contributed by atoms with Gasteiger partial charge in [-0.1, -0.05) is 18.9 Å². The molecule has 2 rings (SSSR count). The first-order chi connectivity index (χ1) is 11.0. The molecule has 0 aliphatic heterocycles. The molecule has 23 heavy (non-hydrogen) atoms. The van der Waals surface area contributed by atoms with Gasteiger partial charge in [-0.25, -0.2) is 0 Å². The maximum atomic E-state index is 12.5. The summed E-state index contributed by atoms with van der Waals surface area (Å²) in [4.78, 5) is 25.0. The van der Waals surface area contributed by atoms with Gasteiger partial charge in [0.15, 0.2) is 0 Å². The number of carbonyl (C=O) groups excluding carboxylic acids is 1. The number of amides is 1. The summed E-state index contributed by atoms with van der Waals surface area (Å²) in [5, 5.41) is 15.2. The lowest BCUT2D eigenvalue weighted by atomic mass is 10.2. The highest BCUT2D eigenvalue weighted by Gasteiger charge is 2.26. The summed E-state index contributed by atoms with van der Waals surface area (Å²) in [6.07, 6.45) is 6.47. The van der Waals surface area contributed by atoms with Crippen molar-refractivity contribution in [1.82, 2.24) is 14.7 Å². The summed E-state index contributed by atoms with van der Waals surface area (Å²) in [5.41, 5.74) is 0.923.